The molecule has 0 bridgehead atoms. The van der Waals surface area contributed by atoms with Gasteiger partial charge >= 0.3 is 15.5 Å². The Morgan fingerprint density at radius 1 is 1.14 bits per heavy atom. The van der Waals surface area contributed by atoms with E-state index in [0.717, 1.165) is 19.6 Å². The Hall–Kier alpha value is -1.07. The van der Waals surface area contributed by atoms with E-state index in [1.54, 1.807) is 0 Å². The maximum absolute atomic E-state index is 12.7. The van der Waals surface area contributed by atoms with Gasteiger partial charge in [0.25, 0.3) is 0 Å². The Morgan fingerprint density at radius 2 is 1.72 bits per heavy atom. The summed E-state index contributed by atoms with van der Waals surface area (Å²) >= 11 is 0. The van der Waals surface area contributed by atoms with Crippen molar-refractivity contribution in [1.82, 2.24) is 19.8 Å². The van der Waals surface area contributed by atoms with Crippen LogP contribution >= 0.6 is 0 Å². The largest absolute Gasteiger partial charge is 0.511 e. The van der Waals surface area contributed by atoms with E-state index in [1.807, 2.05) is 6.92 Å². The summed E-state index contributed by atoms with van der Waals surface area (Å²) in [7, 11) is -5.24. The molecule has 0 aromatic carbocycles. The molecule has 2 N–H and O–H groups in total. The van der Waals surface area contributed by atoms with Crippen LogP contribution < -0.4 is 10.6 Å². The monoisotopic (exact) mass is 441 g/mol. The van der Waals surface area contributed by atoms with Gasteiger partial charge in [0, 0.05) is 45.3 Å². The summed E-state index contributed by atoms with van der Waals surface area (Å²) in [6.45, 7) is 10.5. The molecule has 0 saturated carbocycles. The molecule has 0 spiro atoms. The van der Waals surface area contributed by atoms with Gasteiger partial charge in [-0.3, -0.25) is 4.99 Å². The molecule has 2 unspecified atom stereocenters. The molecule has 2 rings (SSSR count). The van der Waals surface area contributed by atoms with Crippen molar-refractivity contribution in [3.05, 3.63) is 0 Å². The van der Waals surface area contributed by atoms with E-state index >= 15 is 0 Å². The van der Waals surface area contributed by atoms with Crippen LogP contribution in [0.4, 0.5) is 13.2 Å². The van der Waals surface area contributed by atoms with Crippen LogP contribution in [-0.2, 0) is 10.0 Å². The first-order valence-electron chi connectivity index (χ1n) is 10.4. The van der Waals surface area contributed by atoms with Crippen molar-refractivity contribution in [2.75, 3.05) is 45.8 Å². The summed E-state index contributed by atoms with van der Waals surface area (Å²) in [5.74, 6) is 2.00. The number of hydrogen-bond donors (Lipinski definition) is 2. The molecular formula is C18H34F3N5O2S. The lowest BCUT2D eigenvalue weighted by atomic mass is 9.92. The second-order valence-corrected chi connectivity index (χ2v) is 10.2. The van der Waals surface area contributed by atoms with Gasteiger partial charge in [-0.05, 0) is 38.0 Å². The van der Waals surface area contributed by atoms with Crippen LogP contribution in [-0.4, -0.2) is 80.9 Å². The average molecular weight is 442 g/mol. The molecule has 0 aliphatic carbocycles. The summed E-state index contributed by atoms with van der Waals surface area (Å²) in [5.41, 5.74) is -5.24. The molecule has 0 radical (unpaired) electrons. The number of likely N-dealkylation sites (tertiary alicyclic amines) is 1. The number of piperidine rings is 2. The Bertz CT molecular complexity index is 638. The molecule has 0 amide bonds. The van der Waals surface area contributed by atoms with E-state index in [9.17, 15) is 21.6 Å². The summed E-state index contributed by atoms with van der Waals surface area (Å²) in [6, 6.07) is -0.109. The number of guanidine groups is 1. The SMILES string of the molecule is CCNC(=NCCN1CC(C)CC(C)C1)NC1CCN(S(=O)(=O)C(F)(F)F)CC1. The van der Waals surface area contributed by atoms with Gasteiger partial charge in [0.05, 0.1) is 6.54 Å². The van der Waals surface area contributed by atoms with Crippen molar-refractivity contribution in [2.24, 2.45) is 16.8 Å². The number of aliphatic imine (C=N–C) groups is 1. The second-order valence-electron chi connectivity index (χ2n) is 8.23. The number of rotatable bonds is 6. The normalized spacial score (nSPS) is 26.5. The highest BCUT2D eigenvalue weighted by Crippen LogP contribution is 2.29. The Balaban J connectivity index is 1.84. The molecule has 2 atom stereocenters. The fourth-order valence-corrected chi connectivity index (χ4v) is 5.16. The summed E-state index contributed by atoms with van der Waals surface area (Å²) in [4.78, 5) is 7.02. The smallest absolute Gasteiger partial charge is 0.357 e. The minimum Gasteiger partial charge on any atom is -0.357 e. The molecule has 29 heavy (non-hydrogen) atoms. The highest BCUT2D eigenvalue weighted by molar-refractivity contribution is 7.90. The van der Waals surface area contributed by atoms with Crippen LogP contribution in [0.3, 0.4) is 0 Å². The predicted octanol–water partition coefficient (Wildman–Crippen LogP) is 1.83. The Labute approximate surface area is 172 Å². The standard InChI is InChI=1S/C18H34F3N5O2S/c1-4-22-17(23-7-10-25-12-14(2)11-15(3)13-25)24-16-5-8-26(9-6-16)29(27,28)18(19,20)21/h14-16H,4-13H2,1-3H3,(H2,22,23,24). The van der Waals surface area contributed by atoms with E-state index < -0.39 is 15.5 Å². The molecule has 2 saturated heterocycles. The quantitative estimate of drug-likeness (QED) is 0.486. The van der Waals surface area contributed by atoms with Gasteiger partial charge in [-0.1, -0.05) is 13.8 Å². The lowest BCUT2D eigenvalue weighted by Crippen LogP contribution is -2.51. The van der Waals surface area contributed by atoms with Gasteiger partial charge in [0.1, 0.15) is 0 Å². The molecule has 7 nitrogen and oxygen atoms in total. The van der Waals surface area contributed by atoms with Gasteiger partial charge in [0.2, 0.25) is 0 Å². The van der Waals surface area contributed by atoms with E-state index in [1.165, 1.54) is 6.42 Å². The van der Waals surface area contributed by atoms with Gasteiger partial charge < -0.3 is 15.5 Å². The summed E-state index contributed by atoms with van der Waals surface area (Å²) < 4.78 is 61.6. The fraction of sp³-hybridized carbons (Fsp3) is 0.944. The lowest BCUT2D eigenvalue weighted by molar-refractivity contribution is -0.0494. The Morgan fingerprint density at radius 3 is 2.24 bits per heavy atom. The summed E-state index contributed by atoms with van der Waals surface area (Å²) in [5, 5.41) is 6.40. The maximum atomic E-state index is 12.7. The highest BCUT2D eigenvalue weighted by Gasteiger charge is 2.50. The molecule has 11 heteroatoms. The third kappa shape index (κ3) is 6.99. The first-order chi connectivity index (χ1) is 13.5. The Kier molecular flexibility index (Phi) is 8.59. The number of alkyl halides is 3. The minimum atomic E-state index is -5.24. The predicted molar refractivity (Wildman–Crippen MR) is 108 cm³/mol. The summed E-state index contributed by atoms with van der Waals surface area (Å²) in [6.07, 6.45) is 1.87. The zero-order valence-electron chi connectivity index (χ0n) is 17.5. The van der Waals surface area contributed by atoms with Gasteiger partial charge in [-0.2, -0.15) is 17.5 Å². The van der Waals surface area contributed by atoms with Crippen molar-refractivity contribution in [1.29, 1.82) is 0 Å². The molecule has 0 aromatic heterocycles. The van der Waals surface area contributed by atoms with Gasteiger partial charge in [0.15, 0.2) is 5.96 Å². The topological polar surface area (TPSA) is 77.0 Å². The fourth-order valence-electron chi connectivity index (χ4n) is 4.18. The van der Waals surface area contributed by atoms with Crippen molar-refractivity contribution >= 4 is 16.0 Å². The minimum absolute atomic E-state index is 0.109. The van der Waals surface area contributed by atoms with Crippen LogP contribution in [0.25, 0.3) is 0 Å². The zero-order chi connectivity index (χ0) is 21.7. The van der Waals surface area contributed by atoms with Crippen molar-refractivity contribution in [3.8, 4) is 0 Å². The highest BCUT2D eigenvalue weighted by atomic mass is 32.2. The number of halogens is 3. The van der Waals surface area contributed by atoms with Gasteiger partial charge in [-0.15, -0.1) is 0 Å². The molecule has 170 valence electrons. The second kappa shape index (κ2) is 10.3. The zero-order valence-corrected chi connectivity index (χ0v) is 18.3. The van der Waals surface area contributed by atoms with Crippen molar-refractivity contribution < 1.29 is 21.6 Å². The first-order valence-corrected chi connectivity index (χ1v) is 11.8. The van der Waals surface area contributed by atoms with Crippen LogP contribution in [0.2, 0.25) is 0 Å². The van der Waals surface area contributed by atoms with Crippen LogP contribution in [0.1, 0.15) is 40.0 Å². The van der Waals surface area contributed by atoms with Gasteiger partial charge in [-0.25, -0.2) is 8.42 Å². The van der Waals surface area contributed by atoms with E-state index in [0.29, 0.717) is 48.0 Å². The number of nitrogens with zero attached hydrogens (tertiary/aromatic N) is 3. The maximum Gasteiger partial charge on any atom is 0.511 e. The van der Waals surface area contributed by atoms with Crippen LogP contribution in [0.5, 0.6) is 0 Å². The molecule has 2 aliphatic rings. The van der Waals surface area contributed by atoms with E-state index in [4.69, 9.17) is 0 Å². The third-order valence-corrected chi connectivity index (χ3v) is 7.03. The van der Waals surface area contributed by atoms with E-state index in [-0.39, 0.29) is 19.1 Å². The molecular weight excluding hydrogens is 407 g/mol. The van der Waals surface area contributed by atoms with Crippen molar-refractivity contribution in [2.45, 2.75) is 51.6 Å². The number of sulfonamides is 1. The number of hydrogen-bond acceptors (Lipinski definition) is 4. The van der Waals surface area contributed by atoms with Crippen molar-refractivity contribution in [3.63, 3.8) is 0 Å². The molecule has 2 aliphatic heterocycles. The molecule has 0 aromatic rings. The van der Waals surface area contributed by atoms with Crippen LogP contribution in [0.15, 0.2) is 4.99 Å². The van der Waals surface area contributed by atoms with Crippen LogP contribution in [0, 0.1) is 11.8 Å². The van der Waals surface area contributed by atoms with E-state index in [2.05, 4.69) is 34.4 Å². The number of nitrogens with one attached hydrogen (secondary N) is 2. The lowest BCUT2D eigenvalue weighted by Gasteiger charge is -2.34. The first kappa shape index (κ1) is 24.2. The third-order valence-electron chi connectivity index (χ3n) is 5.40. The molecule has 2 fully saturated rings. The molecule has 2 heterocycles. The average Bonchev–Trinajstić information content (AvgIpc) is 2.60.